The van der Waals surface area contributed by atoms with E-state index in [4.69, 9.17) is 9.15 Å². The van der Waals surface area contributed by atoms with Crippen LogP contribution in [0.1, 0.15) is 34.3 Å². The van der Waals surface area contributed by atoms with Crippen LogP contribution in [0.25, 0.3) is 22.6 Å². The highest BCUT2D eigenvalue weighted by molar-refractivity contribution is 6.00. The third-order valence-corrected chi connectivity index (χ3v) is 6.82. The zero-order valence-corrected chi connectivity index (χ0v) is 21.1. The number of hydrogen-bond acceptors (Lipinski definition) is 6. The van der Waals surface area contributed by atoms with E-state index in [0.717, 1.165) is 10.7 Å². The van der Waals surface area contributed by atoms with E-state index in [-0.39, 0.29) is 28.5 Å². The average Bonchev–Trinajstić information content (AvgIpc) is 3.57. The molecule has 1 saturated heterocycles. The van der Waals surface area contributed by atoms with Crippen molar-refractivity contribution in [2.24, 2.45) is 0 Å². The third-order valence-electron chi connectivity index (χ3n) is 6.82. The number of aromatic nitrogens is 3. The molecule has 198 valence electrons. The average molecular weight is 526 g/mol. The molecule has 1 aliphatic rings. The Bertz CT molecular complexity index is 1490. The number of fused-ring (bicyclic) bond motifs is 1. The van der Waals surface area contributed by atoms with Gasteiger partial charge in [0.15, 0.2) is 11.3 Å². The summed E-state index contributed by atoms with van der Waals surface area (Å²) >= 11 is 0. The smallest absolute Gasteiger partial charge is 0.433 e. The summed E-state index contributed by atoms with van der Waals surface area (Å²) in [5, 5.41) is 3.96. The number of halogens is 3. The summed E-state index contributed by atoms with van der Waals surface area (Å²) in [5.74, 6) is 0.775. The summed E-state index contributed by atoms with van der Waals surface area (Å²) in [6.07, 6.45) is -1.99. The van der Waals surface area contributed by atoms with E-state index in [9.17, 15) is 18.0 Å². The second kappa shape index (κ2) is 9.55. The van der Waals surface area contributed by atoms with Crippen LogP contribution in [0.3, 0.4) is 0 Å². The maximum Gasteiger partial charge on any atom is 0.433 e. The number of rotatable bonds is 5. The summed E-state index contributed by atoms with van der Waals surface area (Å²) in [6, 6.07) is 9.91. The number of carbonyl (C=O) groups is 1. The van der Waals surface area contributed by atoms with Gasteiger partial charge in [0.2, 0.25) is 0 Å². The molecule has 38 heavy (non-hydrogen) atoms. The fraction of sp³-hybridized carbons (Fsp3) is 0.296. The molecular formula is C27H26F3N5O3. The molecule has 0 bridgehead atoms. The van der Waals surface area contributed by atoms with Crippen LogP contribution in [0.5, 0.6) is 5.75 Å². The first-order valence-electron chi connectivity index (χ1n) is 12.0. The first-order chi connectivity index (χ1) is 18.1. The van der Waals surface area contributed by atoms with Crippen molar-refractivity contribution in [3.8, 4) is 17.0 Å². The van der Waals surface area contributed by atoms with E-state index in [1.807, 2.05) is 17.9 Å². The third kappa shape index (κ3) is 4.37. The van der Waals surface area contributed by atoms with Crippen molar-refractivity contribution < 1.29 is 27.1 Å². The number of ether oxygens (including phenoxy) is 1. The first-order valence-corrected chi connectivity index (χ1v) is 12.0. The van der Waals surface area contributed by atoms with E-state index in [0.29, 0.717) is 42.4 Å². The van der Waals surface area contributed by atoms with E-state index in [1.54, 1.807) is 41.5 Å². The van der Waals surface area contributed by atoms with Gasteiger partial charge in [-0.3, -0.25) is 4.79 Å². The topological polar surface area (TPSA) is 76.1 Å². The number of piperazine rings is 1. The summed E-state index contributed by atoms with van der Waals surface area (Å²) in [4.78, 5) is 21.8. The highest BCUT2D eigenvalue weighted by Crippen LogP contribution is 2.37. The zero-order chi connectivity index (χ0) is 27.2. The van der Waals surface area contributed by atoms with Gasteiger partial charge >= 0.3 is 6.18 Å². The molecular weight excluding hydrogens is 499 g/mol. The number of furan rings is 1. The second-order valence-corrected chi connectivity index (χ2v) is 9.17. The summed E-state index contributed by atoms with van der Waals surface area (Å²) < 4.78 is 54.0. The zero-order valence-electron chi connectivity index (χ0n) is 21.1. The summed E-state index contributed by atoms with van der Waals surface area (Å²) in [7, 11) is 1.50. The number of nitrogens with zero attached hydrogens (tertiary/aromatic N) is 5. The SMILES string of the molecule is C=C(c1ccco1)N1CCN(C(=O)c2cnn3c(C(F)(F)F)c(C)c(-c4ccc(OC)cc4)nc23)[C@H](C)C1. The van der Waals surface area contributed by atoms with Crippen molar-refractivity contribution >= 4 is 17.3 Å². The van der Waals surface area contributed by atoms with Gasteiger partial charge in [0.05, 0.1) is 31.0 Å². The lowest BCUT2D eigenvalue weighted by Crippen LogP contribution is -2.53. The van der Waals surface area contributed by atoms with Crippen molar-refractivity contribution in [1.29, 1.82) is 0 Å². The van der Waals surface area contributed by atoms with E-state index in [1.165, 1.54) is 14.0 Å². The van der Waals surface area contributed by atoms with Crippen molar-refractivity contribution in [2.45, 2.75) is 26.1 Å². The molecule has 0 unspecified atom stereocenters. The van der Waals surface area contributed by atoms with Crippen molar-refractivity contribution in [2.75, 3.05) is 26.7 Å². The molecule has 0 aliphatic carbocycles. The predicted octanol–water partition coefficient (Wildman–Crippen LogP) is 5.14. The number of amides is 1. The van der Waals surface area contributed by atoms with Crippen molar-refractivity contribution in [1.82, 2.24) is 24.4 Å². The van der Waals surface area contributed by atoms with Crippen LogP contribution in [0.15, 0.2) is 59.9 Å². The Morgan fingerprint density at radius 3 is 2.53 bits per heavy atom. The highest BCUT2D eigenvalue weighted by atomic mass is 19.4. The van der Waals surface area contributed by atoms with Crippen LogP contribution < -0.4 is 4.74 Å². The molecule has 0 N–H and O–H groups in total. The fourth-order valence-corrected chi connectivity index (χ4v) is 4.85. The molecule has 0 saturated carbocycles. The summed E-state index contributed by atoms with van der Waals surface area (Å²) in [5.41, 5.74) is 0.101. The van der Waals surface area contributed by atoms with Gasteiger partial charge in [-0.1, -0.05) is 6.58 Å². The number of carbonyl (C=O) groups excluding carboxylic acids is 1. The maximum atomic E-state index is 14.2. The van der Waals surface area contributed by atoms with Gasteiger partial charge in [-0.15, -0.1) is 0 Å². The molecule has 1 amide bonds. The number of methoxy groups -OCH3 is 1. The van der Waals surface area contributed by atoms with Gasteiger partial charge in [-0.2, -0.15) is 18.3 Å². The highest BCUT2D eigenvalue weighted by Gasteiger charge is 2.39. The Hall–Kier alpha value is -4.28. The van der Waals surface area contributed by atoms with Gasteiger partial charge in [0.25, 0.3) is 5.91 Å². The Balaban J connectivity index is 1.51. The summed E-state index contributed by atoms with van der Waals surface area (Å²) in [6.45, 7) is 8.66. The molecule has 4 aromatic rings. The molecule has 1 aromatic carbocycles. The normalized spacial score (nSPS) is 16.2. The Morgan fingerprint density at radius 1 is 1.18 bits per heavy atom. The molecule has 1 atom stereocenters. The molecule has 11 heteroatoms. The number of alkyl halides is 3. The lowest BCUT2D eigenvalue weighted by molar-refractivity contribution is -0.143. The monoisotopic (exact) mass is 525 g/mol. The first kappa shape index (κ1) is 25.4. The minimum Gasteiger partial charge on any atom is -0.497 e. The minimum atomic E-state index is -4.72. The van der Waals surface area contributed by atoms with Crippen LogP contribution in [-0.4, -0.2) is 63.1 Å². The van der Waals surface area contributed by atoms with Crippen LogP contribution in [0.2, 0.25) is 0 Å². The Labute approximate surface area is 216 Å². The van der Waals surface area contributed by atoms with Gasteiger partial charge in [-0.05, 0) is 50.2 Å². The minimum absolute atomic E-state index is 0.00965. The molecule has 1 aliphatic heterocycles. The van der Waals surface area contributed by atoms with E-state index >= 15 is 0 Å². The lowest BCUT2D eigenvalue weighted by atomic mass is 10.0. The van der Waals surface area contributed by atoms with E-state index < -0.39 is 17.8 Å². The van der Waals surface area contributed by atoms with Gasteiger partial charge in [-0.25, -0.2) is 9.50 Å². The second-order valence-electron chi connectivity index (χ2n) is 9.17. The van der Waals surface area contributed by atoms with Crippen LogP contribution >= 0.6 is 0 Å². The van der Waals surface area contributed by atoms with E-state index in [2.05, 4.69) is 16.7 Å². The molecule has 1 fully saturated rings. The van der Waals surface area contributed by atoms with Crippen LogP contribution in [0.4, 0.5) is 13.2 Å². The fourth-order valence-electron chi connectivity index (χ4n) is 4.85. The molecule has 0 spiro atoms. The van der Waals surface area contributed by atoms with Crippen LogP contribution in [0, 0.1) is 6.92 Å². The Kier molecular flexibility index (Phi) is 6.38. The molecule has 4 heterocycles. The standard InChI is InChI=1S/C27H26F3N5O3/c1-16-15-33(18(3)22-6-5-13-38-22)11-12-34(16)26(36)21-14-31-35-24(27(28,29)30)17(2)23(32-25(21)35)19-7-9-20(37-4)10-8-19/h5-10,13-14,16H,3,11-12,15H2,1-2,4H3/t16-/m1/s1. The predicted molar refractivity (Wildman–Crippen MR) is 135 cm³/mol. The lowest BCUT2D eigenvalue weighted by Gasteiger charge is -2.41. The number of benzene rings is 1. The molecule has 3 aromatic heterocycles. The van der Waals surface area contributed by atoms with Gasteiger partial charge in [0.1, 0.15) is 17.1 Å². The van der Waals surface area contributed by atoms with Gasteiger partial charge in [0, 0.05) is 36.8 Å². The Morgan fingerprint density at radius 2 is 1.92 bits per heavy atom. The van der Waals surface area contributed by atoms with Crippen molar-refractivity contribution in [3.63, 3.8) is 0 Å². The largest absolute Gasteiger partial charge is 0.497 e. The van der Waals surface area contributed by atoms with Gasteiger partial charge < -0.3 is 19.0 Å². The quantitative estimate of drug-likeness (QED) is 0.359. The molecule has 8 nitrogen and oxygen atoms in total. The maximum absolute atomic E-state index is 14.2. The molecule has 0 radical (unpaired) electrons. The van der Waals surface area contributed by atoms with Crippen molar-refractivity contribution in [3.05, 3.63) is 78.0 Å². The number of hydrogen-bond donors (Lipinski definition) is 0. The molecule has 5 rings (SSSR count). The van der Waals surface area contributed by atoms with Crippen LogP contribution in [-0.2, 0) is 6.18 Å².